The summed E-state index contributed by atoms with van der Waals surface area (Å²) in [6.45, 7) is 5.23. The molecule has 2 heterocycles. The predicted molar refractivity (Wildman–Crippen MR) is 111 cm³/mol. The van der Waals surface area contributed by atoms with E-state index >= 15 is 0 Å². The summed E-state index contributed by atoms with van der Waals surface area (Å²) >= 11 is 0. The molecule has 3 rings (SSSR count). The molecule has 1 fully saturated rings. The first kappa shape index (κ1) is 20.8. The number of pyridine rings is 1. The lowest BCUT2D eigenvalue weighted by Gasteiger charge is -2.36. The van der Waals surface area contributed by atoms with Crippen LogP contribution in [0.25, 0.3) is 0 Å². The highest BCUT2D eigenvalue weighted by molar-refractivity contribution is 5.98. The number of carbonyl (C=O) groups is 2. The lowest BCUT2D eigenvalue weighted by molar-refractivity contribution is 0.0746. The molecule has 0 atom stereocenters. The number of hydrogen-bond donors (Lipinski definition) is 0. The van der Waals surface area contributed by atoms with Crippen molar-refractivity contribution in [3.8, 4) is 0 Å². The quantitative estimate of drug-likeness (QED) is 0.751. The fourth-order valence-electron chi connectivity index (χ4n) is 3.38. The van der Waals surface area contributed by atoms with Crippen molar-refractivity contribution in [2.24, 2.45) is 0 Å². The van der Waals surface area contributed by atoms with E-state index in [4.69, 9.17) is 0 Å². The number of carbonyl (C=O) groups excluding carboxylic acids is 2. The molecule has 0 spiro atoms. The number of unbranched alkanes of at least 4 members (excludes halogenated alkanes) is 1. The summed E-state index contributed by atoms with van der Waals surface area (Å²) in [5, 5.41) is 0. The highest BCUT2D eigenvalue weighted by atomic mass is 19.1. The number of halogens is 1. The third-order valence-electron chi connectivity index (χ3n) is 5.18. The molecule has 1 aliphatic rings. The lowest BCUT2D eigenvalue weighted by atomic mass is 10.1. The largest absolute Gasteiger partial charge is 0.368 e. The minimum absolute atomic E-state index is 0.101. The van der Waals surface area contributed by atoms with E-state index in [-0.39, 0.29) is 17.6 Å². The van der Waals surface area contributed by atoms with Gasteiger partial charge in [-0.1, -0.05) is 13.3 Å². The van der Waals surface area contributed by atoms with Gasteiger partial charge in [-0.3, -0.25) is 14.6 Å². The van der Waals surface area contributed by atoms with Gasteiger partial charge in [0, 0.05) is 57.2 Å². The maximum atomic E-state index is 13.1. The third-order valence-corrected chi connectivity index (χ3v) is 5.18. The molecule has 0 unspecified atom stereocenters. The number of rotatable bonds is 6. The molecule has 0 N–H and O–H groups in total. The SMILES string of the molecule is CCCCN(C)C(=O)c1cc(C(=O)N2CCN(c3ccc(F)cc3)CC2)ccn1. The standard InChI is InChI=1S/C22H27FN4O2/c1-3-4-11-25(2)22(29)20-16-17(9-10-24-20)21(28)27-14-12-26(13-15-27)19-7-5-18(23)6-8-19/h5-10,16H,3-4,11-15H2,1-2H3. The Balaban J connectivity index is 1.62. The highest BCUT2D eigenvalue weighted by Gasteiger charge is 2.23. The van der Waals surface area contributed by atoms with E-state index in [1.54, 1.807) is 41.1 Å². The minimum atomic E-state index is -0.258. The van der Waals surface area contributed by atoms with Crippen LogP contribution in [-0.2, 0) is 0 Å². The molecule has 0 radical (unpaired) electrons. The first-order valence-corrected chi connectivity index (χ1v) is 10.0. The summed E-state index contributed by atoms with van der Waals surface area (Å²) in [6, 6.07) is 9.63. The van der Waals surface area contributed by atoms with Gasteiger partial charge < -0.3 is 14.7 Å². The van der Waals surface area contributed by atoms with Gasteiger partial charge in [0.15, 0.2) is 0 Å². The van der Waals surface area contributed by atoms with Crippen LogP contribution in [0.5, 0.6) is 0 Å². The Morgan fingerprint density at radius 1 is 1.10 bits per heavy atom. The van der Waals surface area contributed by atoms with Gasteiger partial charge in [-0.2, -0.15) is 0 Å². The van der Waals surface area contributed by atoms with Gasteiger partial charge in [0.05, 0.1) is 0 Å². The van der Waals surface area contributed by atoms with E-state index in [1.807, 2.05) is 0 Å². The predicted octanol–water partition coefficient (Wildman–Crippen LogP) is 3.06. The van der Waals surface area contributed by atoms with Gasteiger partial charge in [-0.25, -0.2) is 4.39 Å². The number of piperazine rings is 1. The molecule has 0 bridgehead atoms. The molecule has 6 nitrogen and oxygen atoms in total. The van der Waals surface area contributed by atoms with Crippen molar-refractivity contribution in [3.63, 3.8) is 0 Å². The Bertz CT molecular complexity index is 848. The van der Waals surface area contributed by atoms with Gasteiger partial charge in [0.2, 0.25) is 0 Å². The average molecular weight is 398 g/mol. The van der Waals surface area contributed by atoms with Crippen LogP contribution in [0.3, 0.4) is 0 Å². The van der Waals surface area contributed by atoms with E-state index in [0.717, 1.165) is 18.5 Å². The number of hydrogen-bond acceptors (Lipinski definition) is 4. The van der Waals surface area contributed by atoms with Gasteiger partial charge in [0.25, 0.3) is 11.8 Å². The molecule has 29 heavy (non-hydrogen) atoms. The maximum absolute atomic E-state index is 13.1. The topological polar surface area (TPSA) is 56.8 Å². The molecule has 0 saturated carbocycles. The zero-order valence-corrected chi connectivity index (χ0v) is 17.0. The first-order chi connectivity index (χ1) is 14.0. The second-order valence-electron chi connectivity index (χ2n) is 7.27. The third kappa shape index (κ3) is 5.10. The van der Waals surface area contributed by atoms with E-state index < -0.39 is 0 Å². The molecule has 0 aliphatic carbocycles. The van der Waals surface area contributed by atoms with E-state index in [1.165, 1.54) is 18.3 Å². The molecule has 2 aromatic rings. The maximum Gasteiger partial charge on any atom is 0.272 e. The molecule has 1 aromatic heterocycles. The fraction of sp³-hybridized carbons (Fsp3) is 0.409. The van der Waals surface area contributed by atoms with Gasteiger partial charge in [0.1, 0.15) is 11.5 Å². The van der Waals surface area contributed by atoms with E-state index in [2.05, 4.69) is 16.8 Å². The van der Waals surface area contributed by atoms with Crippen molar-refractivity contribution in [3.05, 3.63) is 59.7 Å². The minimum Gasteiger partial charge on any atom is -0.368 e. The molecular weight excluding hydrogens is 371 g/mol. The normalized spacial score (nSPS) is 14.0. The van der Waals surface area contributed by atoms with Crippen molar-refractivity contribution in [1.29, 1.82) is 0 Å². The molecule has 1 aromatic carbocycles. The zero-order valence-electron chi connectivity index (χ0n) is 17.0. The van der Waals surface area contributed by atoms with Crippen molar-refractivity contribution >= 4 is 17.5 Å². The van der Waals surface area contributed by atoms with Crippen LogP contribution in [0, 0.1) is 5.82 Å². The van der Waals surface area contributed by atoms with Crippen molar-refractivity contribution in [2.45, 2.75) is 19.8 Å². The number of nitrogens with zero attached hydrogens (tertiary/aromatic N) is 4. The molecule has 2 amide bonds. The second-order valence-corrected chi connectivity index (χ2v) is 7.27. The number of anilines is 1. The first-order valence-electron chi connectivity index (χ1n) is 10.0. The second kappa shape index (κ2) is 9.49. The summed E-state index contributed by atoms with van der Waals surface area (Å²) in [6.07, 6.45) is 3.45. The monoisotopic (exact) mass is 398 g/mol. The number of amides is 2. The summed E-state index contributed by atoms with van der Waals surface area (Å²) in [4.78, 5) is 35.1. The summed E-state index contributed by atoms with van der Waals surface area (Å²) in [7, 11) is 1.75. The van der Waals surface area contributed by atoms with Gasteiger partial charge in [-0.05, 0) is 42.8 Å². The van der Waals surface area contributed by atoms with E-state index in [9.17, 15) is 14.0 Å². The summed E-state index contributed by atoms with van der Waals surface area (Å²) < 4.78 is 13.1. The highest BCUT2D eigenvalue weighted by Crippen LogP contribution is 2.18. The van der Waals surface area contributed by atoms with Crippen LogP contribution >= 0.6 is 0 Å². The molecule has 7 heteroatoms. The van der Waals surface area contributed by atoms with Crippen LogP contribution < -0.4 is 4.90 Å². The number of aromatic nitrogens is 1. The smallest absolute Gasteiger partial charge is 0.272 e. The molecule has 1 aliphatic heterocycles. The summed E-state index contributed by atoms with van der Waals surface area (Å²) in [5.74, 6) is -0.531. The van der Waals surface area contributed by atoms with Crippen molar-refractivity contribution in [1.82, 2.24) is 14.8 Å². The van der Waals surface area contributed by atoms with E-state index in [0.29, 0.717) is 44.0 Å². The Morgan fingerprint density at radius 3 is 2.45 bits per heavy atom. The van der Waals surface area contributed by atoms with Crippen LogP contribution in [0.15, 0.2) is 42.6 Å². The average Bonchev–Trinajstić information content (AvgIpc) is 2.77. The van der Waals surface area contributed by atoms with Crippen LogP contribution in [0.1, 0.15) is 40.6 Å². The van der Waals surface area contributed by atoms with Crippen molar-refractivity contribution < 1.29 is 14.0 Å². The summed E-state index contributed by atoms with van der Waals surface area (Å²) in [5.41, 5.74) is 1.72. The Labute approximate surface area is 170 Å². The Hall–Kier alpha value is -2.96. The zero-order chi connectivity index (χ0) is 20.8. The molecule has 1 saturated heterocycles. The van der Waals surface area contributed by atoms with Gasteiger partial charge >= 0.3 is 0 Å². The van der Waals surface area contributed by atoms with Gasteiger partial charge in [-0.15, -0.1) is 0 Å². The van der Waals surface area contributed by atoms with Crippen LogP contribution in [0.4, 0.5) is 10.1 Å². The molecular formula is C22H27FN4O2. The van der Waals surface area contributed by atoms with Crippen LogP contribution in [-0.4, -0.2) is 66.4 Å². The Kier molecular flexibility index (Phi) is 6.80. The lowest BCUT2D eigenvalue weighted by Crippen LogP contribution is -2.48. The van der Waals surface area contributed by atoms with Crippen molar-refractivity contribution in [2.75, 3.05) is 44.7 Å². The molecule has 154 valence electrons. The fourth-order valence-corrected chi connectivity index (χ4v) is 3.38. The van der Waals surface area contributed by atoms with Crippen LogP contribution in [0.2, 0.25) is 0 Å². The number of benzene rings is 1. The Morgan fingerprint density at radius 2 is 1.79 bits per heavy atom.